The molecule has 1 heterocycles. The van der Waals surface area contributed by atoms with Crippen molar-refractivity contribution in [2.24, 2.45) is 0 Å². The second-order valence-corrected chi connectivity index (χ2v) is 10.6. The van der Waals surface area contributed by atoms with E-state index in [0.717, 1.165) is 18.3 Å². The third-order valence-corrected chi connectivity index (χ3v) is 6.68. The molecule has 0 aliphatic carbocycles. The van der Waals surface area contributed by atoms with Crippen molar-refractivity contribution in [3.05, 3.63) is 52.0 Å². The molecule has 0 aliphatic rings. The molecule has 1 aromatic carbocycles. The number of aryl methyl sites for hydroxylation is 1. The summed E-state index contributed by atoms with van der Waals surface area (Å²) in [5.41, 5.74) is -1.43. The monoisotopic (exact) mass is 592 g/mol. The SMILES string of the molecule is COC[C@H](NC(=O)c1cnc(C)s1)C(=O)N[C@@H](COC)C(=O)N[C@@H](Cc1ccccc1)C(=O)C(C)(O)COC(C)=O. The Balaban J connectivity index is 2.22. The molecule has 4 atom stereocenters. The van der Waals surface area contributed by atoms with Crippen LogP contribution < -0.4 is 16.0 Å². The molecule has 0 saturated carbocycles. The maximum atomic E-state index is 13.3. The van der Waals surface area contributed by atoms with Crippen molar-refractivity contribution in [3.8, 4) is 0 Å². The number of carbonyl (C=O) groups excluding carboxylic acids is 5. The van der Waals surface area contributed by atoms with Gasteiger partial charge in [0, 0.05) is 21.1 Å². The molecule has 0 aliphatic heterocycles. The van der Waals surface area contributed by atoms with Crippen LogP contribution in [0, 0.1) is 6.92 Å². The molecule has 13 nitrogen and oxygen atoms in total. The van der Waals surface area contributed by atoms with Crippen LogP contribution in [0.5, 0.6) is 0 Å². The number of methoxy groups -OCH3 is 2. The van der Waals surface area contributed by atoms with Gasteiger partial charge in [-0.25, -0.2) is 4.98 Å². The number of carbonyl (C=O) groups is 5. The van der Waals surface area contributed by atoms with Gasteiger partial charge in [-0.2, -0.15) is 0 Å². The average molecular weight is 593 g/mol. The molecule has 1 unspecified atom stereocenters. The zero-order chi connectivity index (χ0) is 30.6. The minimum atomic E-state index is -2.11. The number of esters is 1. The minimum absolute atomic E-state index is 0.00586. The molecule has 0 fully saturated rings. The fourth-order valence-corrected chi connectivity index (χ4v) is 4.37. The van der Waals surface area contributed by atoms with Crippen LogP contribution in [-0.4, -0.2) is 97.3 Å². The van der Waals surface area contributed by atoms with E-state index in [1.165, 1.54) is 27.3 Å². The number of aliphatic hydroxyl groups is 1. The summed E-state index contributed by atoms with van der Waals surface area (Å²) >= 11 is 1.15. The standard InChI is InChI=1S/C27H36N4O9S/c1-16-28-12-22(41-16)26(36)31-21(14-39-5)25(35)30-20(13-38-4)24(34)29-19(11-18-9-7-6-8-10-18)23(33)27(3,37)15-40-17(2)32/h6-10,12,19-21,37H,11,13-15H2,1-5H3,(H,29,34)(H,30,35)(H,31,36)/t19-,20-,21-,27?/m0/s1. The summed E-state index contributed by atoms with van der Waals surface area (Å²) < 4.78 is 15.0. The lowest BCUT2D eigenvalue weighted by Crippen LogP contribution is -2.60. The average Bonchev–Trinajstić information content (AvgIpc) is 3.37. The van der Waals surface area contributed by atoms with E-state index in [9.17, 15) is 29.1 Å². The van der Waals surface area contributed by atoms with Crippen LogP contribution in [0.1, 0.15) is 34.1 Å². The molecule has 3 amide bonds. The molecule has 0 bridgehead atoms. The van der Waals surface area contributed by atoms with E-state index in [0.29, 0.717) is 15.4 Å². The van der Waals surface area contributed by atoms with Crippen molar-refractivity contribution in [2.45, 2.75) is 50.9 Å². The fourth-order valence-electron chi connectivity index (χ4n) is 3.69. The molecule has 224 valence electrons. The summed E-state index contributed by atoms with van der Waals surface area (Å²) in [4.78, 5) is 68.0. The predicted molar refractivity (Wildman–Crippen MR) is 148 cm³/mol. The van der Waals surface area contributed by atoms with E-state index in [1.807, 2.05) is 0 Å². The van der Waals surface area contributed by atoms with E-state index in [4.69, 9.17) is 14.2 Å². The molecule has 2 rings (SSSR count). The molecule has 0 saturated heterocycles. The topological polar surface area (TPSA) is 182 Å². The van der Waals surface area contributed by atoms with E-state index in [2.05, 4.69) is 20.9 Å². The Hall–Kier alpha value is -3.72. The summed E-state index contributed by atoms with van der Waals surface area (Å²) in [5.74, 6) is -3.54. The molecule has 0 spiro atoms. The van der Waals surface area contributed by atoms with Crippen LogP contribution in [0.2, 0.25) is 0 Å². The zero-order valence-electron chi connectivity index (χ0n) is 23.6. The van der Waals surface area contributed by atoms with Gasteiger partial charge in [0.15, 0.2) is 11.4 Å². The predicted octanol–water partition coefficient (Wildman–Crippen LogP) is -0.0618. The third-order valence-electron chi connectivity index (χ3n) is 5.77. The number of aromatic nitrogens is 1. The lowest BCUT2D eigenvalue weighted by atomic mass is 9.91. The maximum absolute atomic E-state index is 13.3. The highest BCUT2D eigenvalue weighted by molar-refractivity contribution is 7.13. The Morgan fingerprint density at radius 3 is 2.02 bits per heavy atom. The number of thiazole rings is 1. The first kappa shape index (κ1) is 33.5. The summed E-state index contributed by atoms with van der Waals surface area (Å²) in [6, 6.07) is 5.07. The number of Topliss-reactive ketones (excluding diaryl/α,β-unsaturated/α-hetero) is 1. The number of ether oxygens (including phenoxy) is 3. The highest BCUT2D eigenvalue weighted by Crippen LogP contribution is 2.14. The first-order valence-corrected chi connectivity index (χ1v) is 13.5. The number of hydrogen-bond donors (Lipinski definition) is 4. The van der Waals surface area contributed by atoms with Gasteiger partial charge in [0.1, 0.15) is 23.6 Å². The summed E-state index contributed by atoms with van der Waals surface area (Å²) in [6.07, 6.45) is 1.39. The van der Waals surface area contributed by atoms with Gasteiger partial charge in [-0.05, 0) is 25.8 Å². The number of benzene rings is 1. The highest BCUT2D eigenvalue weighted by atomic mass is 32.1. The Morgan fingerprint density at radius 2 is 1.51 bits per heavy atom. The quantitative estimate of drug-likeness (QED) is 0.193. The summed E-state index contributed by atoms with van der Waals surface area (Å²) in [7, 11) is 2.67. The van der Waals surface area contributed by atoms with Crippen molar-refractivity contribution < 1.29 is 43.3 Å². The van der Waals surface area contributed by atoms with Gasteiger partial charge in [-0.3, -0.25) is 24.0 Å². The van der Waals surface area contributed by atoms with Crippen molar-refractivity contribution in [1.82, 2.24) is 20.9 Å². The molecular weight excluding hydrogens is 556 g/mol. The normalized spacial score (nSPS) is 14.6. The van der Waals surface area contributed by atoms with Crippen molar-refractivity contribution >= 4 is 40.8 Å². The Morgan fingerprint density at radius 1 is 0.951 bits per heavy atom. The van der Waals surface area contributed by atoms with Gasteiger partial charge < -0.3 is 35.3 Å². The number of amides is 3. The number of nitrogens with one attached hydrogen (secondary N) is 3. The third kappa shape index (κ3) is 10.6. The van der Waals surface area contributed by atoms with Crippen molar-refractivity contribution in [2.75, 3.05) is 34.0 Å². The minimum Gasteiger partial charge on any atom is -0.462 e. The largest absolute Gasteiger partial charge is 0.462 e. The van der Waals surface area contributed by atoms with Gasteiger partial charge in [-0.1, -0.05) is 30.3 Å². The number of nitrogens with zero attached hydrogens (tertiary/aromatic N) is 1. The molecule has 0 radical (unpaired) electrons. The second-order valence-electron chi connectivity index (χ2n) is 9.41. The first-order chi connectivity index (χ1) is 19.4. The van der Waals surface area contributed by atoms with E-state index < -0.39 is 59.8 Å². The second kappa shape index (κ2) is 15.9. The maximum Gasteiger partial charge on any atom is 0.302 e. The highest BCUT2D eigenvalue weighted by Gasteiger charge is 2.39. The fraction of sp³-hybridized carbons (Fsp3) is 0.481. The van der Waals surface area contributed by atoms with Crippen LogP contribution in [0.3, 0.4) is 0 Å². The molecular formula is C27H36N4O9S. The number of rotatable bonds is 16. The van der Waals surface area contributed by atoms with E-state index >= 15 is 0 Å². The number of ketones is 1. The summed E-state index contributed by atoms with van der Waals surface area (Å²) in [6.45, 7) is 2.98. The number of hydrogen-bond acceptors (Lipinski definition) is 11. The molecule has 14 heteroatoms. The van der Waals surface area contributed by atoms with Gasteiger partial charge in [0.05, 0.1) is 30.5 Å². The lowest BCUT2D eigenvalue weighted by molar-refractivity contribution is -0.156. The van der Waals surface area contributed by atoms with E-state index in [-0.39, 0.29) is 19.6 Å². The lowest BCUT2D eigenvalue weighted by Gasteiger charge is -2.29. The Kier molecular flexibility index (Phi) is 13.0. The van der Waals surface area contributed by atoms with Crippen LogP contribution in [0.25, 0.3) is 0 Å². The van der Waals surface area contributed by atoms with Crippen LogP contribution in [-0.2, 0) is 39.8 Å². The molecule has 4 N–H and O–H groups in total. The van der Waals surface area contributed by atoms with Crippen LogP contribution in [0.4, 0.5) is 0 Å². The summed E-state index contributed by atoms with van der Waals surface area (Å²) in [5, 5.41) is 19.1. The smallest absolute Gasteiger partial charge is 0.302 e. The molecule has 1 aromatic heterocycles. The van der Waals surface area contributed by atoms with E-state index in [1.54, 1.807) is 37.3 Å². The van der Waals surface area contributed by atoms with Crippen LogP contribution in [0.15, 0.2) is 36.5 Å². The van der Waals surface area contributed by atoms with Gasteiger partial charge in [0.2, 0.25) is 11.8 Å². The van der Waals surface area contributed by atoms with Crippen LogP contribution >= 0.6 is 11.3 Å². The van der Waals surface area contributed by atoms with Gasteiger partial charge >= 0.3 is 5.97 Å². The van der Waals surface area contributed by atoms with Crippen molar-refractivity contribution in [3.63, 3.8) is 0 Å². The Bertz CT molecular complexity index is 1200. The molecule has 41 heavy (non-hydrogen) atoms. The first-order valence-electron chi connectivity index (χ1n) is 12.6. The van der Waals surface area contributed by atoms with Gasteiger partial charge in [0.25, 0.3) is 5.91 Å². The zero-order valence-corrected chi connectivity index (χ0v) is 24.4. The Labute approximate surface area is 242 Å². The molecule has 2 aromatic rings. The van der Waals surface area contributed by atoms with Gasteiger partial charge in [-0.15, -0.1) is 11.3 Å². The van der Waals surface area contributed by atoms with Crippen molar-refractivity contribution in [1.29, 1.82) is 0 Å².